The van der Waals surface area contributed by atoms with Crippen LogP contribution in [0.3, 0.4) is 0 Å². The van der Waals surface area contributed by atoms with Gasteiger partial charge in [0.25, 0.3) is 11.8 Å². The van der Waals surface area contributed by atoms with Crippen molar-refractivity contribution >= 4 is 40.7 Å². The largest absolute Gasteiger partial charge is 0.508 e. The summed E-state index contributed by atoms with van der Waals surface area (Å²) in [6.45, 7) is 4.80. The second-order valence-electron chi connectivity index (χ2n) is 14.8. The van der Waals surface area contributed by atoms with Crippen molar-refractivity contribution in [3.8, 4) is 5.75 Å². The standard InChI is InChI=1S/C43H40N4O6/c1-26-10-12-29(13-11-26)44-47-40(50)36-25-35-33(38(27-6-5-9-32(48)24-27)43(36,42(47)52)28-7-3-2-4-8-28)18-19-34-37(35)41(51)46(39(34)49)31-16-14-30(15-17-31)45-20-22-53-23-21-45/h2-18,24,34-38,44,48H,19-23,25H2,1H3/t34-,35+,36-,37-,38-,43+/m0/s1. The molecule has 4 fully saturated rings. The van der Waals surface area contributed by atoms with Crippen LogP contribution < -0.4 is 15.2 Å². The molecule has 9 rings (SSSR count). The topological polar surface area (TPSA) is 119 Å². The Labute approximate surface area is 307 Å². The minimum absolute atomic E-state index is 0.0314. The van der Waals surface area contributed by atoms with Crippen LogP contribution in [0.25, 0.3) is 0 Å². The third-order valence-corrected chi connectivity index (χ3v) is 12.1. The number of hydrogen-bond acceptors (Lipinski definition) is 8. The minimum atomic E-state index is -1.39. The Morgan fingerprint density at radius 2 is 1.49 bits per heavy atom. The first kappa shape index (κ1) is 33.1. The molecule has 3 saturated heterocycles. The average Bonchev–Trinajstić information content (AvgIpc) is 3.57. The zero-order chi connectivity index (χ0) is 36.4. The summed E-state index contributed by atoms with van der Waals surface area (Å²) in [5.41, 5.74) is 7.09. The highest BCUT2D eigenvalue weighted by Gasteiger charge is 2.70. The number of hydrazine groups is 1. The monoisotopic (exact) mass is 708 g/mol. The number of allylic oxidation sites excluding steroid dienone is 2. The quantitative estimate of drug-likeness (QED) is 0.193. The first-order valence-corrected chi connectivity index (χ1v) is 18.3. The predicted molar refractivity (Wildman–Crippen MR) is 199 cm³/mol. The summed E-state index contributed by atoms with van der Waals surface area (Å²) in [6, 6.07) is 31.3. The Kier molecular flexibility index (Phi) is 7.96. The molecule has 0 bridgehead atoms. The lowest BCUT2D eigenvalue weighted by atomic mass is 9.49. The van der Waals surface area contributed by atoms with Crippen molar-refractivity contribution in [2.75, 3.05) is 41.5 Å². The highest BCUT2D eigenvalue weighted by Crippen LogP contribution is 2.64. The molecular formula is C43H40N4O6. The molecule has 0 aromatic heterocycles. The Bertz CT molecular complexity index is 2150. The van der Waals surface area contributed by atoms with Crippen molar-refractivity contribution in [1.29, 1.82) is 0 Å². The van der Waals surface area contributed by atoms with Gasteiger partial charge >= 0.3 is 0 Å². The molecule has 1 saturated carbocycles. The van der Waals surface area contributed by atoms with Crippen molar-refractivity contribution in [3.63, 3.8) is 0 Å². The van der Waals surface area contributed by atoms with Crippen molar-refractivity contribution < 1.29 is 29.0 Å². The van der Waals surface area contributed by atoms with Crippen LogP contribution in [0.4, 0.5) is 17.1 Å². The number of hydrogen-bond donors (Lipinski definition) is 2. The number of benzene rings is 4. The number of morpholine rings is 1. The molecule has 6 atom stereocenters. The molecule has 4 amide bonds. The highest BCUT2D eigenvalue weighted by atomic mass is 16.5. The van der Waals surface area contributed by atoms with Gasteiger partial charge in [0.15, 0.2) is 0 Å². The van der Waals surface area contributed by atoms with Crippen LogP contribution in [-0.2, 0) is 29.3 Å². The van der Waals surface area contributed by atoms with E-state index in [1.165, 1.54) is 4.90 Å². The van der Waals surface area contributed by atoms with Crippen LogP contribution in [0.5, 0.6) is 5.75 Å². The van der Waals surface area contributed by atoms with Gasteiger partial charge in [-0.05, 0) is 85.3 Å². The van der Waals surface area contributed by atoms with E-state index in [0.717, 1.165) is 34.9 Å². The van der Waals surface area contributed by atoms with Crippen LogP contribution in [0, 0.1) is 30.6 Å². The molecule has 2 aliphatic carbocycles. The number of ether oxygens (including phenoxy) is 1. The van der Waals surface area contributed by atoms with Gasteiger partial charge in [-0.15, -0.1) is 0 Å². The number of nitrogens with one attached hydrogen (secondary N) is 1. The van der Waals surface area contributed by atoms with E-state index >= 15 is 4.79 Å². The highest BCUT2D eigenvalue weighted by molar-refractivity contribution is 6.22. The Balaban J connectivity index is 1.15. The first-order valence-electron chi connectivity index (χ1n) is 18.3. The minimum Gasteiger partial charge on any atom is -0.508 e. The molecule has 4 aromatic rings. The molecule has 3 aliphatic heterocycles. The number of imide groups is 2. The molecule has 5 aliphatic rings. The summed E-state index contributed by atoms with van der Waals surface area (Å²) >= 11 is 0. The van der Waals surface area contributed by atoms with E-state index in [9.17, 15) is 19.5 Å². The molecule has 10 heteroatoms. The molecule has 0 spiro atoms. The SMILES string of the molecule is Cc1ccc(NN2C(=O)[C@@H]3C[C@@H]4C(=CC[C@@H]5C(=O)N(c6ccc(N7CCOCC7)cc6)C(=O)[C@@H]54)[C@H](c4cccc(O)c4)[C@]3(c3ccccc3)C2=O)cc1. The maximum Gasteiger partial charge on any atom is 0.260 e. The lowest BCUT2D eigenvalue weighted by Crippen LogP contribution is -2.53. The van der Waals surface area contributed by atoms with Crippen molar-refractivity contribution in [3.05, 3.63) is 131 Å². The molecule has 0 unspecified atom stereocenters. The number of carbonyl (C=O) groups is 4. The molecule has 268 valence electrons. The summed E-state index contributed by atoms with van der Waals surface area (Å²) in [7, 11) is 0. The van der Waals surface area contributed by atoms with Gasteiger partial charge in [0.1, 0.15) is 5.75 Å². The van der Waals surface area contributed by atoms with Crippen LogP contribution in [0.2, 0.25) is 0 Å². The van der Waals surface area contributed by atoms with E-state index in [1.807, 2.05) is 97.9 Å². The van der Waals surface area contributed by atoms with Crippen LogP contribution in [-0.4, -0.2) is 60.0 Å². The Morgan fingerprint density at radius 1 is 0.774 bits per heavy atom. The Morgan fingerprint density at radius 3 is 2.21 bits per heavy atom. The summed E-state index contributed by atoms with van der Waals surface area (Å²) in [6.07, 6.45) is 2.56. The normalized spacial score (nSPS) is 28.1. The number of phenolic OH excluding ortho intramolecular Hbond substituents is 1. The van der Waals surface area contributed by atoms with E-state index in [1.54, 1.807) is 18.2 Å². The lowest BCUT2D eigenvalue weighted by molar-refractivity contribution is -0.138. The number of anilines is 3. The summed E-state index contributed by atoms with van der Waals surface area (Å²) in [4.78, 5) is 62.4. The third-order valence-electron chi connectivity index (χ3n) is 12.1. The molecule has 2 N–H and O–H groups in total. The number of nitrogens with zero attached hydrogens (tertiary/aromatic N) is 3. The molecule has 0 radical (unpaired) electrons. The van der Waals surface area contributed by atoms with Gasteiger partial charge in [-0.25, -0.2) is 0 Å². The molecule has 4 aromatic carbocycles. The van der Waals surface area contributed by atoms with Gasteiger partial charge in [0.2, 0.25) is 11.8 Å². The summed E-state index contributed by atoms with van der Waals surface area (Å²) in [5.74, 6) is -4.67. The number of phenols is 1. The lowest BCUT2D eigenvalue weighted by Gasteiger charge is -2.50. The van der Waals surface area contributed by atoms with Crippen LogP contribution >= 0.6 is 0 Å². The molecule has 53 heavy (non-hydrogen) atoms. The maximum atomic E-state index is 15.2. The van der Waals surface area contributed by atoms with Gasteiger partial charge in [-0.2, -0.15) is 5.01 Å². The fraction of sp³-hybridized carbons (Fsp3) is 0.302. The fourth-order valence-electron chi connectivity index (χ4n) is 9.72. The third kappa shape index (κ3) is 5.10. The number of aromatic hydroxyl groups is 1. The number of rotatable bonds is 6. The maximum absolute atomic E-state index is 15.2. The van der Waals surface area contributed by atoms with Crippen LogP contribution in [0.15, 0.2) is 115 Å². The van der Waals surface area contributed by atoms with E-state index in [2.05, 4.69) is 10.3 Å². The number of aryl methyl sites for hydroxylation is 1. The Hall–Kier alpha value is -5.74. The van der Waals surface area contributed by atoms with E-state index < -0.39 is 46.8 Å². The van der Waals surface area contributed by atoms with E-state index in [0.29, 0.717) is 42.1 Å². The second-order valence-corrected chi connectivity index (χ2v) is 14.8. The van der Waals surface area contributed by atoms with E-state index in [-0.39, 0.29) is 24.0 Å². The van der Waals surface area contributed by atoms with Crippen molar-refractivity contribution in [2.45, 2.75) is 31.1 Å². The fourth-order valence-corrected chi connectivity index (χ4v) is 9.72. The first-order chi connectivity index (χ1) is 25.8. The molecular weight excluding hydrogens is 668 g/mol. The smallest absolute Gasteiger partial charge is 0.260 e. The van der Waals surface area contributed by atoms with Crippen molar-refractivity contribution in [1.82, 2.24) is 5.01 Å². The zero-order valence-corrected chi connectivity index (χ0v) is 29.4. The van der Waals surface area contributed by atoms with Gasteiger partial charge in [-0.3, -0.25) is 29.5 Å². The van der Waals surface area contributed by atoms with E-state index in [4.69, 9.17) is 4.74 Å². The second kappa shape index (κ2) is 12.7. The summed E-state index contributed by atoms with van der Waals surface area (Å²) < 4.78 is 5.50. The summed E-state index contributed by atoms with van der Waals surface area (Å²) in [5, 5.41) is 12.0. The van der Waals surface area contributed by atoms with Gasteiger partial charge in [0.05, 0.1) is 47.8 Å². The number of fused-ring (bicyclic) bond motifs is 4. The van der Waals surface area contributed by atoms with Crippen molar-refractivity contribution in [2.24, 2.45) is 23.7 Å². The molecule has 10 nitrogen and oxygen atoms in total. The average molecular weight is 709 g/mol. The van der Waals surface area contributed by atoms with Gasteiger partial charge in [-0.1, -0.05) is 71.8 Å². The number of carbonyl (C=O) groups excluding carboxylic acids is 4. The van der Waals surface area contributed by atoms with Gasteiger partial charge < -0.3 is 14.7 Å². The zero-order valence-electron chi connectivity index (χ0n) is 29.4. The van der Waals surface area contributed by atoms with Gasteiger partial charge in [0, 0.05) is 24.7 Å². The molecule has 3 heterocycles. The van der Waals surface area contributed by atoms with Crippen LogP contribution in [0.1, 0.15) is 35.4 Å². The number of amides is 4. The predicted octanol–water partition coefficient (Wildman–Crippen LogP) is 5.73.